The molecule has 1 amide bonds. The minimum atomic E-state index is -0.0368. The second-order valence-corrected chi connectivity index (χ2v) is 10.5. The van der Waals surface area contributed by atoms with E-state index >= 15 is 0 Å². The van der Waals surface area contributed by atoms with E-state index < -0.39 is 0 Å². The van der Waals surface area contributed by atoms with Gasteiger partial charge in [0.2, 0.25) is 0 Å². The molecular weight excluding hydrogens is 486 g/mol. The van der Waals surface area contributed by atoms with Crippen LogP contribution in [0.25, 0.3) is 10.9 Å². The fraction of sp³-hybridized carbons (Fsp3) is 0.406. The van der Waals surface area contributed by atoms with Crippen LogP contribution in [0.2, 0.25) is 0 Å². The molecule has 1 saturated heterocycles. The number of carbonyl (C=O) groups is 1. The minimum absolute atomic E-state index is 0.0368. The first-order chi connectivity index (χ1) is 18.9. The van der Waals surface area contributed by atoms with Gasteiger partial charge in [-0.3, -0.25) is 14.6 Å². The zero-order valence-electron chi connectivity index (χ0n) is 23.7. The lowest BCUT2D eigenvalue weighted by molar-refractivity contribution is 0.0659. The molecule has 0 unspecified atom stereocenters. The highest BCUT2D eigenvalue weighted by Crippen LogP contribution is 2.23. The molecule has 0 spiro atoms. The lowest BCUT2D eigenvalue weighted by Crippen LogP contribution is -2.47. The Morgan fingerprint density at radius 1 is 1.05 bits per heavy atom. The molecule has 0 bridgehead atoms. The summed E-state index contributed by atoms with van der Waals surface area (Å²) >= 11 is 0. The Hall–Kier alpha value is -3.71. The van der Waals surface area contributed by atoms with Gasteiger partial charge >= 0.3 is 0 Å². The molecule has 0 radical (unpaired) electrons. The Bertz CT molecular complexity index is 1430. The van der Waals surface area contributed by atoms with Crippen molar-refractivity contribution in [1.82, 2.24) is 19.8 Å². The van der Waals surface area contributed by atoms with Gasteiger partial charge in [-0.1, -0.05) is 31.1 Å². The number of piperazine rings is 1. The number of rotatable bonds is 10. The lowest BCUT2D eigenvalue weighted by atomic mass is 10.0. The summed E-state index contributed by atoms with van der Waals surface area (Å²) in [5.41, 5.74) is 6.68. The maximum atomic E-state index is 13.0. The maximum Gasteiger partial charge on any atom is 0.270 e. The van der Waals surface area contributed by atoms with Gasteiger partial charge in [0.1, 0.15) is 5.69 Å². The van der Waals surface area contributed by atoms with Crippen LogP contribution in [0.15, 0.2) is 75.8 Å². The van der Waals surface area contributed by atoms with Gasteiger partial charge in [-0.15, -0.1) is 0 Å². The van der Waals surface area contributed by atoms with Crippen LogP contribution in [0.1, 0.15) is 68.2 Å². The minimum Gasteiger partial charge on any atom is -0.360 e. The van der Waals surface area contributed by atoms with Crippen LogP contribution in [0.3, 0.4) is 0 Å². The second kappa shape index (κ2) is 13.4. The molecule has 39 heavy (non-hydrogen) atoms. The number of unbranched alkanes of at least 4 members (excludes halogenated alkanes) is 1. The number of aryl methyl sites for hydroxylation is 1. The smallest absolute Gasteiger partial charge is 0.270 e. The molecule has 4 rings (SSSR count). The molecule has 2 aromatic heterocycles. The summed E-state index contributed by atoms with van der Waals surface area (Å²) in [5, 5.41) is 1.07. The number of benzene rings is 1. The van der Waals surface area contributed by atoms with Crippen LogP contribution in [0.5, 0.6) is 0 Å². The number of allylic oxidation sites excluding steroid dienone is 4. The summed E-state index contributed by atoms with van der Waals surface area (Å²) in [7, 11) is 2.09. The average Bonchev–Trinajstić information content (AvgIpc) is 3.37. The van der Waals surface area contributed by atoms with Crippen molar-refractivity contribution < 1.29 is 4.79 Å². The number of H-pyrrole nitrogens is 2. The van der Waals surface area contributed by atoms with Crippen LogP contribution >= 0.6 is 0 Å². The molecule has 1 aromatic carbocycles. The zero-order valence-corrected chi connectivity index (χ0v) is 23.7. The number of fused-ring (bicyclic) bond motifs is 1. The maximum absolute atomic E-state index is 13.0. The van der Waals surface area contributed by atoms with Crippen molar-refractivity contribution in [2.75, 3.05) is 33.2 Å². The highest BCUT2D eigenvalue weighted by molar-refractivity contribution is 6.07. The van der Waals surface area contributed by atoms with E-state index in [0.29, 0.717) is 5.69 Å². The first kappa shape index (κ1) is 28.3. The molecular formula is C32H41N5O2. The molecule has 7 nitrogen and oxygen atoms in total. The third kappa shape index (κ3) is 7.45. The van der Waals surface area contributed by atoms with Crippen LogP contribution in [0.4, 0.5) is 0 Å². The predicted molar refractivity (Wildman–Crippen MR) is 161 cm³/mol. The summed E-state index contributed by atoms with van der Waals surface area (Å²) in [5.74, 6) is 0.0785. The second-order valence-electron chi connectivity index (χ2n) is 10.5. The highest BCUT2D eigenvalue weighted by atomic mass is 16.2. The summed E-state index contributed by atoms with van der Waals surface area (Å²) in [6.07, 6.45) is 10.4. The van der Waals surface area contributed by atoms with Crippen molar-refractivity contribution >= 4 is 22.5 Å². The third-order valence-corrected chi connectivity index (χ3v) is 7.38. The van der Waals surface area contributed by atoms with E-state index in [4.69, 9.17) is 4.99 Å². The van der Waals surface area contributed by atoms with E-state index in [9.17, 15) is 9.59 Å². The van der Waals surface area contributed by atoms with E-state index in [1.54, 1.807) is 12.3 Å². The first-order valence-corrected chi connectivity index (χ1v) is 14.1. The topological polar surface area (TPSA) is 84.6 Å². The number of aliphatic imine (C=N–C) groups is 1. The number of nitrogens with zero attached hydrogens (tertiary/aromatic N) is 3. The Morgan fingerprint density at radius 2 is 1.85 bits per heavy atom. The van der Waals surface area contributed by atoms with Crippen molar-refractivity contribution in [2.45, 2.75) is 52.9 Å². The highest BCUT2D eigenvalue weighted by Gasteiger charge is 2.21. The monoisotopic (exact) mass is 527 g/mol. The fourth-order valence-corrected chi connectivity index (χ4v) is 4.90. The number of hydrogen-bond acceptors (Lipinski definition) is 4. The number of carbonyl (C=O) groups excluding carboxylic acids is 1. The Kier molecular flexibility index (Phi) is 9.71. The number of nitrogens with one attached hydrogen (secondary N) is 2. The molecule has 1 fully saturated rings. The molecule has 3 heterocycles. The number of hydrogen-bond donors (Lipinski definition) is 2. The number of aromatic nitrogens is 2. The number of likely N-dealkylation sites (N-methyl/N-ethyl adjacent to an activating group) is 1. The van der Waals surface area contributed by atoms with E-state index in [-0.39, 0.29) is 11.3 Å². The molecule has 7 heteroatoms. The van der Waals surface area contributed by atoms with Crippen molar-refractivity contribution in [3.05, 3.63) is 93.2 Å². The van der Waals surface area contributed by atoms with E-state index in [1.807, 2.05) is 30.0 Å². The summed E-state index contributed by atoms with van der Waals surface area (Å²) < 4.78 is 0. The number of pyridine rings is 1. The van der Waals surface area contributed by atoms with Gasteiger partial charge in [-0.2, -0.15) is 0 Å². The van der Waals surface area contributed by atoms with Crippen LogP contribution in [-0.2, 0) is 6.42 Å². The number of aromatic amines is 2. The van der Waals surface area contributed by atoms with Gasteiger partial charge in [0.15, 0.2) is 5.43 Å². The first-order valence-electron chi connectivity index (χ1n) is 14.1. The molecule has 3 aromatic rings. The molecule has 0 aliphatic carbocycles. The van der Waals surface area contributed by atoms with Crippen LogP contribution in [-0.4, -0.2) is 64.6 Å². The standard InChI is InChI=1S/C32H41N5O2/c1-5-7-9-27(34-29(8-6-2)30-22-26(38)14-15-33-30)23(3)10-11-24-12-13-28-25(20-24)21-31(35-28)32(39)37-18-16-36(4)17-19-37/h6,8,12-15,20-22,35H,5,7,9-11,16-19H2,1-4H3,(H,33,38)/b8-6-,27-23?,34-29?. The molecule has 206 valence electrons. The molecule has 0 saturated carbocycles. The van der Waals surface area contributed by atoms with Gasteiger partial charge in [-0.25, -0.2) is 0 Å². The van der Waals surface area contributed by atoms with Gasteiger partial charge in [0.25, 0.3) is 5.91 Å². The Balaban J connectivity index is 1.52. The lowest BCUT2D eigenvalue weighted by Gasteiger charge is -2.32. The summed E-state index contributed by atoms with van der Waals surface area (Å²) in [6, 6.07) is 11.5. The SMILES string of the molecule is C/C=C\C(=NC(CCCC)=C(C)CCc1ccc2[nH]c(C(=O)N3CCN(C)CC3)cc2c1)c1cc(=O)cc[nH]1. The summed E-state index contributed by atoms with van der Waals surface area (Å²) in [6.45, 7) is 9.66. The van der Waals surface area contributed by atoms with Gasteiger partial charge in [-0.05, 0) is 76.4 Å². The van der Waals surface area contributed by atoms with Crippen LogP contribution < -0.4 is 5.43 Å². The number of amides is 1. The summed E-state index contributed by atoms with van der Waals surface area (Å²) in [4.78, 5) is 40.7. The largest absolute Gasteiger partial charge is 0.360 e. The Labute approximate surface area is 231 Å². The molecule has 2 N–H and O–H groups in total. The third-order valence-electron chi connectivity index (χ3n) is 7.38. The predicted octanol–water partition coefficient (Wildman–Crippen LogP) is 5.71. The fourth-order valence-electron chi connectivity index (χ4n) is 4.90. The molecule has 1 aliphatic rings. The van der Waals surface area contributed by atoms with Crippen molar-refractivity contribution in [3.63, 3.8) is 0 Å². The molecule has 0 atom stereocenters. The van der Waals surface area contributed by atoms with E-state index in [1.165, 1.54) is 17.2 Å². The van der Waals surface area contributed by atoms with Gasteiger partial charge in [0.05, 0.1) is 11.4 Å². The quantitative estimate of drug-likeness (QED) is 0.332. The van der Waals surface area contributed by atoms with Crippen molar-refractivity contribution in [3.8, 4) is 0 Å². The zero-order chi connectivity index (χ0) is 27.8. The Morgan fingerprint density at radius 3 is 2.56 bits per heavy atom. The van der Waals surface area contributed by atoms with Gasteiger partial charge in [0, 0.05) is 61.1 Å². The average molecular weight is 528 g/mol. The van der Waals surface area contributed by atoms with E-state index in [2.05, 4.69) is 54.0 Å². The van der Waals surface area contributed by atoms with Crippen molar-refractivity contribution in [2.24, 2.45) is 4.99 Å². The van der Waals surface area contributed by atoms with Crippen molar-refractivity contribution in [1.29, 1.82) is 0 Å². The van der Waals surface area contributed by atoms with Crippen LogP contribution in [0, 0.1) is 0 Å². The van der Waals surface area contributed by atoms with E-state index in [0.717, 1.165) is 86.3 Å². The van der Waals surface area contributed by atoms with Gasteiger partial charge < -0.3 is 19.8 Å². The molecule has 1 aliphatic heterocycles. The normalized spacial score (nSPS) is 15.8.